The van der Waals surface area contributed by atoms with E-state index in [0.29, 0.717) is 19.1 Å². The van der Waals surface area contributed by atoms with Gasteiger partial charge in [-0.05, 0) is 31.2 Å². The number of nitrogens with zero attached hydrogens (tertiary/aromatic N) is 2. The molecule has 0 radical (unpaired) electrons. The predicted octanol–water partition coefficient (Wildman–Crippen LogP) is 2.73. The second kappa shape index (κ2) is 6.81. The van der Waals surface area contributed by atoms with E-state index in [1.807, 2.05) is 13.0 Å². The van der Waals surface area contributed by atoms with Crippen molar-refractivity contribution in [2.24, 2.45) is 0 Å². The summed E-state index contributed by atoms with van der Waals surface area (Å²) >= 11 is 0. The molecule has 20 heavy (non-hydrogen) atoms. The maximum Gasteiger partial charge on any atom is 0.229 e. The lowest BCUT2D eigenvalue weighted by Crippen LogP contribution is -2.10. The molecule has 2 N–H and O–H groups in total. The molecule has 0 amide bonds. The van der Waals surface area contributed by atoms with Gasteiger partial charge in [-0.1, -0.05) is 0 Å². The first-order valence-electron chi connectivity index (χ1n) is 6.28. The van der Waals surface area contributed by atoms with Gasteiger partial charge >= 0.3 is 0 Å². The molecule has 0 aliphatic rings. The largest absolute Gasteiger partial charge is 0.383 e. The van der Waals surface area contributed by atoms with Crippen LogP contribution in [0.2, 0.25) is 0 Å². The Labute approximate surface area is 117 Å². The number of hydrogen-bond acceptors (Lipinski definition) is 5. The van der Waals surface area contributed by atoms with Crippen LogP contribution in [0.3, 0.4) is 0 Å². The monoisotopic (exact) mass is 276 g/mol. The topological polar surface area (TPSA) is 59.1 Å². The number of aromatic nitrogens is 2. The molecule has 0 unspecified atom stereocenters. The third kappa shape index (κ3) is 4.17. The molecule has 0 saturated heterocycles. The zero-order valence-electron chi connectivity index (χ0n) is 11.5. The first-order chi connectivity index (χ1) is 9.67. The van der Waals surface area contributed by atoms with Crippen molar-refractivity contribution in [3.05, 3.63) is 41.8 Å². The molecule has 5 nitrogen and oxygen atoms in total. The van der Waals surface area contributed by atoms with E-state index in [-0.39, 0.29) is 5.82 Å². The minimum absolute atomic E-state index is 0.275. The molecule has 0 spiro atoms. The second-order valence-corrected chi connectivity index (χ2v) is 4.27. The van der Waals surface area contributed by atoms with Crippen LogP contribution in [0.5, 0.6) is 0 Å². The third-order valence-corrected chi connectivity index (χ3v) is 2.57. The van der Waals surface area contributed by atoms with Crippen LogP contribution in [-0.4, -0.2) is 30.2 Å². The van der Waals surface area contributed by atoms with Crippen molar-refractivity contribution in [1.82, 2.24) is 9.97 Å². The van der Waals surface area contributed by atoms with Gasteiger partial charge < -0.3 is 15.4 Å². The number of halogens is 1. The van der Waals surface area contributed by atoms with Gasteiger partial charge in [0.05, 0.1) is 6.61 Å². The van der Waals surface area contributed by atoms with Gasteiger partial charge in [-0.15, -0.1) is 0 Å². The average molecular weight is 276 g/mol. The van der Waals surface area contributed by atoms with Crippen molar-refractivity contribution in [2.45, 2.75) is 6.92 Å². The minimum Gasteiger partial charge on any atom is -0.383 e. The van der Waals surface area contributed by atoms with Gasteiger partial charge in [-0.2, -0.15) is 4.98 Å². The van der Waals surface area contributed by atoms with Crippen LogP contribution in [0.1, 0.15) is 5.69 Å². The fourth-order valence-electron chi connectivity index (χ4n) is 1.66. The van der Waals surface area contributed by atoms with Crippen molar-refractivity contribution >= 4 is 17.5 Å². The smallest absolute Gasteiger partial charge is 0.229 e. The Hall–Kier alpha value is -2.21. The van der Waals surface area contributed by atoms with E-state index in [0.717, 1.165) is 17.2 Å². The van der Waals surface area contributed by atoms with E-state index in [9.17, 15) is 4.39 Å². The number of benzene rings is 1. The summed E-state index contributed by atoms with van der Waals surface area (Å²) in [5.74, 6) is 0.915. The Morgan fingerprint density at radius 2 is 1.95 bits per heavy atom. The number of methoxy groups -OCH3 is 1. The third-order valence-electron chi connectivity index (χ3n) is 2.57. The maximum atomic E-state index is 12.8. The molecule has 2 aromatic rings. The molecule has 1 aromatic heterocycles. The van der Waals surface area contributed by atoms with E-state index in [1.165, 1.54) is 12.1 Å². The fourth-order valence-corrected chi connectivity index (χ4v) is 1.66. The Morgan fingerprint density at radius 3 is 2.65 bits per heavy atom. The number of hydrogen-bond donors (Lipinski definition) is 2. The molecule has 2 rings (SSSR count). The highest BCUT2D eigenvalue weighted by atomic mass is 19.1. The van der Waals surface area contributed by atoms with Gasteiger partial charge in [0.2, 0.25) is 5.95 Å². The number of ether oxygens (including phenoxy) is 1. The predicted molar refractivity (Wildman–Crippen MR) is 76.8 cm³/mol. The van der Waals surface area contributed by atoms with Crippen LogP contribution < -0.4 is 10.6 Å². The van der Waals surface area contributed by atoms with Crippen molar-refractivity contribution in [2.75, 3.05) is 30.9 Å². The Morgan fingerprint density at radius 1 is 1.20 bits per heavy atom. The molecule has 0 fully saturated rings. The molecule has 0 aliphatic heterocycles. The number of aryl methyl sites for hydroxylation is 1. The molecule has 0 atom stereocenters. The van der Waals surface area contributed by atoms with Crippen LogP contribution in [0.4, 0.5) is 21.8 Å². The summed E-state index contributed by atoms with van der Waals surface area (Å²) < 4.78 is 17.8. The first-order valence-corrected chi connectivity index (χ1v) is 6.28. The van der Waals surface area contributed by atoms with Gasteiger partial charge in [0.15, 0.2) is 0 Å². The maximum absolute atomic E-state index is 12.8. The van der Waals surface area contributed by atoms with Crippen molar-refractivity contribution in [3.8, 4) is 0 Å². The van der Waals surface area contributed by atoms with Crippen LogP contribution >= 0.6 is 0 Å². The van der Waals surface area contributed by atoms with Crippen LogP contribution in [-0.2, 0) is 4.74 Å². The quantitative estimate of drug-likeness (QED) is 0.794. The molecule has 6 heteroatoms. The van der Waals surface area contributed by atoms with Gasteiger partial charge in [0.25, 0.3) is 0 Å². The van der Waals surface area contributed by atoms with Crippen molar-refractivity contribution in [3.63, 3.8) is 0 Å². The summed E-state index contributed by atoms with van der Waals surface area (Å²) in [4.78, 5) is 8.63. The molecule has 106 valence electrons. The number of rotatable bonds is 6. The summed E-state index contributed by atoms with van der Waals surface area (Å²) in [6, 6.07) is 7.90. The van der Waals surface area contributed by atoms with E-state index < -0.39 is 0 Å². The molecule has 1 aromatic carbocycles. The highest BCUT2D eigenvalue weighted by molar-refractivity contribution is 5.55. The summed E-state index contributed by atoms with van der Waals surface area (Å²) in [6.45, 7) is 3.16. The van der Waals surface area contributed by atoms with Crippen molar-refractivity contribution < 1.29 is 9.13 Å². The second-order valence-electron chi connectivity index (χ2n) is 4.27. The van der Waals surface area contributed by atoms with E-state index in [4.69, 9.17) is 4.74 Å². The molecule has 0 aliphatic carbocycles. The zero-order chi connectivity index (χ0) is 14.4. The Kier molecular flexibility index (Phi) is 4.84. The van der Waals surface area contributed by atoms with Gasteiger partial charge in [0, 0.05) is 31.1 Å². The summed E-state index contributed by atoms with van der Waals surface area (Å²) in [6.07, 6.45) is 0. The first kappa shape index (κ1) is 14.2. The standard InChI is InChI=1S/C14H17FN4O/c1-10-9-13(16-7-8-20-2)19-14(17-10)18-12-5-3-11(15)4-6-12/h3-6,9H,7-8H2,1-2H3,(H2,16,17,18,19). The van der Waals surface area contributed by atoms with Gasteiger partial charge in [0.1, 0.15) is 11.6 Å². The van der Waals surface area contributed by atoms with Crippen LogP contribution in [0.15, 0.2) is 30.3 Å². The lowest BCUT2D eigenvalue weighted by atomic mass is 10.3. The SMILES string of the molecule is COCCNc1cc(C)nc(Nc2ccc(F)cc2)n1. The summed E-state index contributed by atoms with van der Waals surface area (Å²) in [5.41, 5.74) is 1.57. The van der Waals surface area contributed by atoms with E-state index in [2.05, 4.69) is 20.6 Å². The Bertz CT molecular complexity index is 560. The highest BCUT2D eigenvalue weighted by Gasteiger charge is 2.03. The van der Waals surface area contributed by atoms with Gasteiger partial charge in [-0.3, -0.25) is 0 Å². The lowest BCUT2D eigenvalue weighted by molar-refractivity contribution is 0.210. The van der Waals surface area contributed by atoms with Crippen molar-refractivity contribution in [1.29, 1.82) is 0 Å². The van der Waals surface area contributed by atoms with Gasteiger partial charge in [-0.25, -0.2) is 9.37 Å². The summed E-state index contributed by atoms with van der Waals surface area (Å²) in [5, 5.41) is 6.19. The number of anilines is 3. The minimum atomic E-state index is -0.275. The van der Waals surface area contributed by atoms with Crippen LogP contribution in [0, 0.1) is 12.7 Å². The molecule has 0 saturated carbocycles. The zero-order valence-corrected chi connectivity index (χ0v) is 11.5. The molecule has 0 bridgehead atoms. The fraction of sp³-hybridized carbons (Fsp3) is 0.286. The van der Waals surface area contributed by atoms with E-state index >= 15 is 0 Å². The van der Waals surface area contributed by atoms with E-state index in [1.54, 1.807) is 19.2 Å². The van der Waals surface area contributed by atoms with Crippen LogP contribution in [0.25, 0.3) is 0 Å². The highest BCUT2D eigenvalue weighted by Crippen LogP contribution is 2.16. The summed E-state index contributed by atoms with van der Waals surface area (Å²) in [7, 11) is 1.65. The Balaban J connectivity index is 2.09. The molecular weight excluding hydrogens is 259 g/mol. The normalized spacial score (nSPS) is 10.3. The average Bonchev–Trinajstić information content (AvgIpc) is 2.41. The molecule has 1 heterocycles. The lowest BCUT2D eigenvalue weighted by Gasteiger charge is -2.09. The molecular formula is C14H17FN4O. The number of nitrogens with one attached hydrogen (secondary N) is 2.